The van der Waals surface area contributed by atoms with E-state index in [2.05, 4.69) is 0 Å². The molecule has 2 unspecified atom stereocenters. The Morgan fingerprint density at radius 3 is 2.05 bits per heavy atom. The van der Waals surface area contributed by atoms with Crippen LogP contribution in [0.15, 0.2) is 30.3 Å². The van der Waals surface area contributed by atoms with E-state index in [1.165, 1.54) is 0 Å². The van der Waals surface area contributed by atoms with Crippen LogP contribution in [0.2, 0.25) is 5.82 Å². The van der Waals surface area contributed by atoms with Crippen LogP contribution in [0.3, 0.4) is 0 Å². The van der Waals surface area contributed by atoms with Crippen LogP contribution in [-0.2, 0) is 9.31 Å². The summed E-state index contributed by atoms with van der Waals surface area (Å²) in [4.78, 5) is 12.2. The molecule has 0 N–H and O–H groups in total. The number of Topliss-reactive ketones (excluding diaryl/α,β-unsaturated/α-hetero) is 1. The Hall–Kier alpha value is -1.20. The third-order valence-corrected chi connectivity index (χ3v) is 4.47. The van der Waals surface area contributed by atoms with Crippen molar-refractivity contribution in [3.05, 3.63) is 35.9 Å². The van der Waals surface area contributed by atoms with Crippen molar-refractivity contribution in [2.45, 2.75) is 57.8 Å². The second-order valence-corrected chi connectivity index (χ2v) is 6.62. The summed E-state index contributed by atoms with van der Waals surface area (Å²) in [7, 11) is -0.724. The maximum atomic E-state index is 14.5. The Kier molecular flexibility index (Phi) is 4.27. The predicted octanol–water partition coefficient (Wildman–Crippen LogP) is 3.69. The first-order chi connectivity index (χ1) is 9.66. The van der Waals surface area contributed by atoms with Crippen molar-refractivity contribution in [2.75, 3.05) is 0 Å². The standard InChI is InChI=1S/C16H22BFO3/c1-11(17-20-15(2,3)16(4,5)21-17)13(18)14(19)12-9-7-6-8-10-12/h6-11,13H,1-5H3. The van der Waals surface area contributed by atoms with Gasteiger partial charge >= 0.3 is 7.12 Å². The molecule has 2 rings (SSSR count). The average molecular weight is 292 g/mol. The van der Waals surface area contributed by atoms with Crippen LogP contribution < -0.4 is 0 Å². The molecule has 0 aliphatic carbocycles. The Morgan fingerprint density at radius 2 is 1.57 bits per heavy atom. The number of ketones is 1. The molecule has 5 heteroatoms. The summed E-state index contributed by atoms with van der Waals surface area (Å²) in [6.07, 6.45) is -1.65. The van der Waals surface area contributed by atoms with Gasteiger partial charge in [0.2, 0.25) is 0 Å². The van der Waals surface area contributed by atoms with Crippen LogP contribution in [0.5, 0.6) is 0 Å². The lowest BCUT2D eigenvalue weighted by molar-refractivity contribution is 0.00578. The van der Waals surface area contributed by atoms with Crippen molar-refractivity contribution in [1.29, 1.82) is 0 Å². The van der Waals surface area contributed by atoms with Gasteiger partial charge in [-0.05, 0) is 27.7 Å². The second kappa shape index (κ2) is 5.54. The van der Waals surface area contributed by atoms with Crippen molar-refractivity contribution in [3.8, 4) is 0 Å². The minimum Gasteiger partial charge on any atom is -0.403 e. The number of hydrogen-bond donors (Lipinski definition) is 0. The molecule has 0 spiro atoms. The van der Waals surface area contributed by atoms with Gasteiger partial charge < -0.3 is 9.31 Å². The van der Waals surface area contributed by atoms with E-state index in [-0.39, 0.29) is 0 Å². The number of benzene rings is 1. The first-order valence-electron chi connectivity index (χ1n) is 7.25. The highest BCUT2D eigenvalue weighted by molar-refractivity contribution is 6.48. The van der Waals surface area contributed by atoms with Gasteiger partial charge in [-0.2, -0.15) is 0 Å². The summed E-state index contributed by atoms with van der Waals surface area (Å²) in [5.41, 5.74) is -0.684. The van der Waals surface area contributed by atoms with Gasteiger partial charge in [-0.25, -0.2) is 4.39 Å². The quantitative estimate of drug-likeness (QED) is 0.627. The van der Waals surface area contributed by atoms with Crippen molar-refractivity contribution in [1.82, 2.24) is 0 Å². The molecule has 1 saturated heterocycles. The summed E-state index contributed by atoms with van der Waals surface area (Å²) >= 11 is 0. The Morgan fingerprint density at radius 1 is 1.10 bits per heavy atom. The van der Waals surface area contributed by atoms with E-state index in [4.69, 9.17) is 9.31 Å². The van der Waals surface area contributed by atoms with Crippen molar-refractivity contribution < 1.29 is 18.5 Å². The number of rotatable bonds is 4. The van der Waals surface area contributed by atoms with Crippen molar-refractivity contribution in [3.63, 3.8) is 0 Å². The molecule has 1 aromatic rings. The highest BCUT2D eigenvalue weighted by Gasteiger charge is 2.54. The number of hydrogen-bond acceptors (Lipinski definition) is 3. The minimum absolute atomic E-state index is 0.369. The molecule has 3 nitrogen and oxygen atoms in total. The zero-order valence-corrected chi connectivity index (χ0v) is 13.2. The molecule has 1 aliphatic heterocycles. The van der Waals surface area contributed by atoms with Gasteiger partial charge in [-0.1, -0.05) is 37.3 Å². The topological polar surface area (TPSA) is 35.5 Å². The molecule has 1 fully saturated rings. The van der Waals surface area contributed by atoms with E-state index >= 15 is 0 Å². The Balaban J connectivity index is 2.11. The van der Waals surface area contributed by atoms with E-state index in [0.717, 1.165) is 0 Å². The number of carbonyl (C=O) groups excluding carboxylic acids is 1. The zero-order valence-electron chi connectivity index (χ0n) is 13.2. The normalized spacial score (nSPS) is 22.9. The fourth-order valence-corrected chi connectivity index (χ4v) is 2.24. The molecule has 0 radical (unpaired) electrons. The maximum absolute atomic E-state index is 14.5. The molecule has 1 heterocycles. The van der Waals surface area contributed by atoms with Gasteiger partial charge in [0.25, 0.3) is 0 Å². The van der Waals surface area contributed by atoms with Crippen LogP contribution in [0.4, 0.5) is 4.39 Å². The predicted molar refractivity (Wildman–Crippen MR) is 81.2 cm³/mol. The first-order valence-corrected chi connectivity index (χ1v) is 7.25. The number of carbonyl (C=O) groups is 1. The van der Waals surface area contributed by atoms with E-state index in [0.29, 0.717) is 5.56 Å². The van der Waals surface area contributed by atoms with Crippen molar-refractivity contribution in [2.24, 2.45) is 0 Å². The largest absolute Gasteiger partial charge is 0.464 e. The summed E-state index contributed by atoms with van der Waals surface area (Å²) in [5, 5.41) is 0. The van der Waals surface area contributed by atoms with E-state index in [9.17, 15) is 9.18 Å². The third-order valence-electron chi connectivity index (χ3n) is 4.47. The molecule has 0 saturated carbocycles. The summed E-state index contributed by atoms with van der Waals surface area (Å²) in [6.45, 7) is 9.28. The van der Waals surface area contributed by atoms with E-state index < -0.39 is 36.1 Å². The molecule has 114 valence electrons. The van der Waals surface area contributed by atoms with Crippen LogP contribution in [-0.4, -0.2) is 30.3 Å². The van der Waals surface area contributed by atoms with Gasteiger partial charge in [0.1, 0.15) is 0 Å². The molecule has 21 heavy (non-hydrogen) atoms. The van der Waals surface area contributed by atoms with E-state index in [1.54, 1.807) is 37.3 Å². The Labute approximate surface area is 126 Å². The fourth-order valence-electron chi connectivity index (χ4n) is 2.24. The lowest BCUT2D eigenvalue weighted by Gasteiger charge is -2.32. The van der Waals surface area contributed by atoms with Crippen LogP contribution in [0.1, 0.15) is 45.0 Å². The van der Waals surface area contributed by atoms with E-state index in [1.807, 2.05) is 27.7 Å². The summed E-state index contributed by atoms with van der Waals surface area (Å²) < 4.78 is 26.2. The second-order valence-electron chi connectivity index (χ2n) is 6.62. The van der Waals surface area contributed by atoms with Crippen molar-refractivity contribution >= 4 is 12.9 Å². The number of halogens is 1. The summed E-state index contributed by atoms with van der Waals surface area (Å²) in [6, 6.07) is 8.47. The maximum Gasteiger partial charge on any atom is 0.464 e. The van der Waals surface area contributed by atoms with Gasteiger partial charge in [0.15, 0.2) is 12.0 Å². The lowest BCUT2D eigenvalue weighted by atomic mass is 9.69. The molecule has 0 bridgehead atoms. The fraction of sp³-hybridized carbons (Fsp3) is 0.562. The van der Waals surface area contributed by atoms with Crippen LogP contribution in [0, 0.1) is 0 Å². The molecule has 1 aromatic carbocycles. The highest BCUT2D eigenvalue weighted by atomic mass is 19.1. The molecule has 2 atom stereocenters. The monoisotopic (exact) mass is 292 g/mol. The first kappa shape index (κ1) is 16.2. The average Bonchev–Trinajstić information content (AvgIpc) is 2.66. The smallest absolute Gasteiger partial charge is 0.403 e. The Bertz CT molecular complexity index is 500. The minimum atomic E-state index is -1.65. The van der Waals surface area contributed by atoms with Gasteiger partial charge in [-0.3, -0.25) is 4.79 Å². The molecule has 0 amide bonds. The SMILES string of the molecule is CC(B1OC(C)(C)C(C)(C)O1)C(F)C(=O)c1ccccc1. The molecular formula is C16H22BFO3. The van der Waals surface area contributed by atoms with Gasteiger partial charge in [0.05, 0.1) is 11.2 Å². The summed E-state index contributed by atoms with van der Waals surface area (Å²) in [5.74, 6) is -1.20. The molecular weight excluding hydrogens is 270 g/mol. The van der Waals surface area contributed by atoms with Crippen LogP contribution in [0.25, 0.3) is 0 Å². The molecule has 1 aliphatic rings. The van der Waals surface area contributed by atoms with Gasteiger partial charge in [0, 0.05) is 11.4 Å². The number of alkyl halides is 1. The van der Waals surface area contributed by atoms with Gasteiger partial charge in [-0.15, -0.1) is 0 Å². The highest BCUT2D eigenvalue weighted by Crippen LogP contribution is 2.41. The zero-order chi connectivity index (χ0) is 15.8. The molecule has 0 aromatic heterocycles. The lowest BCUT2D eigenvalue weighted by Crippen LogP contribution is -2.41. The third kappa shape index (κ3) is 3.04. The van der Waals surface area contributed by atoms with Crippen LogP contribution >= 0.6 is 0 Å².